The van der Waals surface area contributed by atoms with Crippen molar-refractivity contribution in [3.05, 3.63) is 53.3 Å². The minimum atomic E-state index is 0.0253. The maximum atomic E-state index is 5.97. The Balaban J connectivity index is 1.69. The highest BCUT2D eigenvalue weighted by Gasteiger charge is 2.25. The number of aliphatic imine (C=N–C) groups is 1. The molecule has 6 nitrogen and oxygen atoms in total. The lowest BCUT2D eigenvalue weighted by Gasteiger charge is -2.34. The normalized spacial score (nSPS) is 18.4. The topological polar surface area (TPSA) is 54.7 Å². The number of hydrogen-bond donors (Lipinski definition) is 1. The third-order valence-corrected chi connectivity index (χ3v) is 5.03. The van der Waals surface area contributed by atoms with Gasteiger partial charge in [0.25, 0.3) is 0 Å². The molecule has 2 heterocycles. The zero-order valence-corrected chi connectivity index (χ0v) is 17.8. The van der Waals surface area contributed by atoms with Crippen molar-refractivity contribution in [2.24, 2.45) is 12.0 Å². The minimum absolute atomic E-state index is 0.0253. The van der Waals surface area contributed by atoms with E-state index in [0.29, 0.717) is 13.2 Å². The summed E-state index contributed by atoms with van der Waals surface area (Å²) in [6.07, 6.45) is 3.93. The first-order chi connectivity index (χ1) is 13.4. The van der Waals surface area contributed by atoms with Crippen LogP contribution in [0.15, 0.2) is 41.7 Å². The largest absolute Gasteiger partial charge is 0.370 e. The van der Waals surface area contributed by atoms with Crippen LogP contribution in [0.4, 0.5) is 0 Å². The fraction of sp³-hybridized carbons (Fsp3) is 0.545. The van der Waals surface area contributed by atoms with Crippen LogP contribution in [0, 0.1) is 0 Å². The second kappa shape index (κ2) is 8.78. The lowest BCUT2D eigenvalue weighted by molar-refractivity contribution is -0.00805. The Morgan fingerprint density at radius 2 is 2.04 bits per heavy atom. The second-order valence-electron chi connectivity index (χ2n) is 8.37. The molecular weight excluding hydrogens is 350 g/mol. The third kappa shape index (κ3) is 5.13. The number of benzene rings is 1. The zero-order chi connectivity index (χ0) is 20.1. The summed E-state index contributed by atoms with van der Waals surface area (Å²) >= 11 is 0. The predicted molar refractivity (Wildman–Crippen MR) is 113 cm³/mol. The van der Waals surface area contributed by atoms with Crippen molar-refractivity contribution in [2.75, 3.05) is 26.2 Å². The number of ether oxygens (including phenoxy) is 1. The van der Waals surface area contributed by atoms with Crippen molar-refractivity contribution in [3.8, 4) is 0 Å². The van der Waals surface area contributed by atoms with Gasteiger partial charge in [0.2, 0.25) is 0 Å². The van der Waals surface area contributed by atoms with E-state index in [2.05, 4.69) is 67.3 Å². The van der Waals surface area contributed by atoms with Crippen LogP contribution in [0.2, 0.25) is 0 Å². The molecule has 1 aliphatic heterocycles. The van der Waals surface area contributed by atoms with Crippen molar-refractivity contribution in [1.29, 1.82) is 0 Å². The molecule has 1 saturated heterocycles. The van der Waals surface area contributed by atoms with Crippen LogP contribution in [0.5, 0.6) is 0 Å². The molecule has 152 valence electrons. The number of nitrogens with one attached hydrogen (secondary N) is 1. The second-order valence-corrected chi connectivity index (χ2v) is 8.37. The molecule has 1 aliphatic rings. The molecule has 3 rings (SSSR count). The zero-order valence-electron chi connectivity index (χ0n) is 17.8. The number of guanidine groups is 1. The molecule has 1 atom stereocenters. The molecule has 1 aromatic carbocycles. The molecule has 28 heavy (non-hydrogen) atoms. The number of aryl methyl sites for hydroxylation is 1. The van der Waals surface area contributed by atoms with E-state index >= 15 is 0 Å². The SMILES string of the molecule is CCNC(=NCc1ccc(C(C)(C)C)cc1)N1CCOC(c2cnn(C)c2)C1. The van der Waals surface area contributed by atoms with Crippen LogP contribution in [0.25, 0.3) is 0 Å². The lowest BCUT2D eigenvalue weighted by atomic mass is 9.87. The van der Waals surface area contributed by atoms with Gasteiger partial charge in [0.05, 0.1) is 25.9 Å². The Bertz CT molecular complexity index is 788. The average molecular weight is 384 g/mol. The molecule has 2 aromatic rings. The molecule has 1 fully saturated rings. The summed E-state index contributed by atoms with van der Waals surface area (Å²) in [6, 6.07) is 8.80. The van der Waals surface area contributed by atoms with Gasteiger partial charge in [0.1, 0.15) is 6.10 Å². The van der Waals surface area contributed by atoms with E-state index in [1.54, 1.807) is 0 Å². The highest BCUT2D eigenvalue weighted by molar-refractivity contribution is 5.80. The van der Waals surface area contributed by atoms with Gasteiger partial charge >= 0.3 is 0 Å². The van der Waals surface area contributed by atoms with Gasteiger partial charge in [0, 0.05) is 31.9 Å². The van der Waals surface area contributed by atoms with Gasteiger partial charge in [-0.05, 0) is 23.5 Å². The third-order valence-electron chi connectivity index (χ3n) is 5.03. The van der Waals surface area contributed by atoms with Gasteiger partial charge in [-0.15, -0.1) is 0 Å². The van der Waals surface area contributed by atoms with E-state index in [0.717, 1.165) is 31.2 Å². The van der Waals surface area contributed by atoms with Crippen LogP contribution in [-0.2, 0) is 23.7 Å². The molecule has 0 bridgehead atoms. The number of hydrogen-bond acceptors (Lipinski definition) is 3. The molecule has 1 aromatic heterocycles. The Morgan fingerprint density at radius 1 is 1.29 bits per heavy atom. The molecule has 0 aliphatic carbocycles. The van der Waals surface area contributed by atoms with E-state index in [9.17, 15) is 0 Å². The summed E-state index contributed by atoms with van der Waals surface area (Å²) in [7, 11) is 1.93. The van der Waals surface area contributed by atoms with E-state index in [4.69, 9.17) is 9.73 Å². The molecule has 1 N–H and O–H groups in total. The van der Waals surface area contributed by atoms with Crippen molar-refractivity contribution in [2.45, 2.75) is 45.8 Å². The molecule has 0 radical (unpaired) electrons. The molecular formula is C22H33N5O. The summed E-state index contributed by atoms with van der Waals surface area (Å²) in [4.78, 5) is 7.17. The van der Waals surface area contributed by atoms with Crippen molar-refractivity contribution < 1.29 is 4.74 Å². The van der Waals surface area contributed by atoms with E-state index in [1.165, 1.54) is 11.1 Å². The number of aromatic nitrogens is 2. The van der Waals surface area contributed by atoms with Crippen molar-refractivity contribution in [1.82, 2.24) is 20.0 Å². The standard InChI is InChI=1S/C22H33N5O/c1-6-23-21(24-13-17-7-9-19(10-8-17)22(2,3)4)27-11-12-28-20(16-27)18-14-25-26(5)15-18/h7-10,14-15,20H,6,11-13,16H2,1-5H3,(H,23,24). The van der Waals surface area contributed by atoms with Gasteiger partial charge in [-0.25, -0.2) is 4.99 Å². The van der Waals surface area contributed by atoms with Gasteiger partial charge in [0.15, 0.2) is 5.96 Å². The predicted octanol–water partition coefficient (Wildman–Crippen LogP) is 3.26. The number of morpholine rings is 1. The molecule has 6 heteroatoms. The van der Waals surface area contributed by atoms with Crippen molar-refractivity contribution >= 4 is 5.96 Å². The Hall–Kier alpha value is -2.34. The Morgan fingerprint density at radius 3 is 2.64 bits per heavy atom. The number of rotatable bonds is 4. The van der Waals surface area contributed by atoms with Gasteiger partial charge < -0.3 is 15.0 Å². The quantitative estimate of drug-likeness (QED) is 0.650. The molecule has 0 spiro atoms. The van der Waals surface area contributed by atoms with Gasteiger partial charge in [-0.2, -0.15) is 5.10 Å². The fourth-order valence-electron chi connectivity index (χ4n) is 3.35. The smallest absolute Gasteiger partial charge is 0.194 e. The summed E-state index contributed by atoms with van der Waals surface area (Å²) < 4.78 is 7.78. The highest BCUT2D eigenvalue weighted by atomic mass is 16.5. The van der Waals surface area contributed by atoms with Gasteiger partial charge in [-0.1, -0.05) is 45.0 Å². The number of nitrogens with zero attached hydrogens (tertiary/aromatic N) is 4. The average Bonchev–Trinajstić information content (AvgIpc) is 3.11. The van der Waals surface area contributed by atoms with Crippen LogP contribution in [0.3, 0.4) is 0 Å². The maximum Gasteiger partial charge on any atom is 0.194 e. The summed E-state index contributed by atoms with van der Waals surface area (Å²) in [5, 5.41) is 7.71. The van der Waals surface area contributed by atoms with E-state index in [-0.39, 0.29) is 11.5 Å². The van der Waals surface area contributed by atoms with Crippen LogP contribution in [-0.4, -0.2) is 46.9 Å². The Kier molecular flexibility index (Phi) is 6.39. The monoisotopic (exact) mass is 383 g/mol. The van der Waals surface area contributed by atoms with Gasteiger partial charge in [-0.3, -0.25) is 4.68 Å². The fourth-order valence-corrected chi connectivity index (χ4v) is 3.35. The van der Waals surface area contributed by atoms with Crippen molar-refractivity contribution in [3.63, 3.8) is 0 Å². The van der Waals surface area contributed by atoms with Crippen LogP contribution >= 0.6 is 0 Å². The maximum absolute atomic E-state index is 5.97. The lowest BCUT2D eigenvalue weighted by Crippen LogP contribution is -2.48. The summed E-state index contributed by atoms with van der Waals surface area (Å²) in [5.41, 5.74) is 3.85. The van der Waals surface area contributed by atoms with E-state index < -0.39 is 0 Å². The Labute approximate surface area is 168 Å². The first kappa shape index (κ1) is 20.4. The van der Waals surface area contributed by atoms with Crippen LogP contribution < -0.4 is 5.32 Å². The molecule has 0 amide bonds. The first-order valence-electron chi connectivity index (χ1n) is 10.1. The molecule has 0 saturated carbocycles. The summed E-state index contributed by atoms with van der Waals surface area (Å²) in [6.45, 7) is 12.6. The summed E-state index contributed by atoms with van der Waals surface area (Å²) in [5.74, 6) is 0.944. The molecule has 1 unspecified atom stereocenters. The highest BCUT2D eigenvalue weighted by Crippen LogP contribution is 2.23. The van der Waals surface area contributed by atoms with E-state index in [1.807, 2.05) is 24.1 Å². The minimum Gasteiger partial charge on any atom is -0.370 e. The first-order valence-corrected chi connectivity index (χ1v) is 10.1. The van der Waals surface area contributed by atoms with Crippen LogP contribution in [0.1, 0.15) is 50.5 Å².